The number of esters is 1. The minimum absolute atomic E-state index is 0.207. The molecule has 4 rings (SSSR count). The van der Waals surface area contributed by atoms with E-state index in [0.717, 1.165) is 12.8 Å². The number of nitrogens with zero attached hydrogens (tertiary/aromatic N) is 2. The van der Waals surface area contributed by atoms with E-state index in [-0.39, 0.29) is 23.6 Å². The molecule has 5 nitrogen and oxygen atoms in total. The molecule has 0 fully saturated rings. The van der Waals surface area contributed by atoms with Crippen molar-refractivity contribution in [2.45, 2.75) is 38.7 Å². The summed E-state index contributed by atoms with van der Waals surface area (Å²) >= 11 is 1.51. The summed E-state index contributed by atoms with van der Waals surface area (Å²) in [6.07, 6.45) is 3.74. The maximum absolute atomic E-state index is 13.0. The third-order valence-corrected chi connectivity index (χ3v) is 5.58. The first-order valence-electron chi connectivity index (χ1n) is 8.52. The fraction of sp³-hybridized carbons (Fsp3) is 0.316. The summed E-state index contributed by atoms with van der Waals surface area (Å²) in [7, 11) is 0. The molecule has 134 valence electrons. The number of aromatic nitrogens is 2. The van der Waals surface area contributed by atoms with Crippen LogP contribution in [0.3, 0.4) is 0 Å². The first-order chi connectivity index (χ1) is 12.6. The standard InChI is InChI=1S/C19H17FN2O3S/c1-11(17-21-22-18(25-17)12-6-8-14(20)9-7-12)24-19(23)16-10-13-4-2-3-5-15(13)26-16/h6-11H,2-5H2,1H3/t11-/m0/s1. The second-order valence-corrected chi connectivity index (χ2v) is 7.40. The van der Waals surface area contributed by atoms with E-state index in [1.165, 1.54) is 46.8 Å². The number of halogens is 1. The van der Waals surface area contributed by atoms with Crippen molar-refractivity contribution in [3.05, 3.63) is 57.4 Å². The van der Waals surface area contributed by atoms with Crippen LogP contribution in [0.25, 0.3) is 11.5 Å². The molecule has 1 aromatic carbocycles. The average molecular weight is 372 g/mol. The molecule has 0 spiro atoms. The van der Waals surface area contributed by atoms with Crippen LogP contribution in [0.5, 0.6) is 0 Å². The molecule has 2 heterocycles. The molecule has 7 heteroatoms. The van der Waals surface area contributed by atoms with Gasteiger partial charge in [0.2, 0.25) is 5.89 Å². The Kier molecular flexibility index (Phi) is 4.55. The molecule has 3 aromatic rings. The Labute approximate surface area is 153 Å². The van der Waals surface area contributed by atoms with E-state index in [1.807, 2.05) is 6.07 Å². The van der Waals surface area contributed by atoms with Crippen LogP contribution >= 0.6 is 11.3 Å². The molecular weight excluding hydrogens is 355 g/mol. The number of aryl methyl sites for hydroxylation is 2. The Morgan fingerprint density at radius 1 is 1.23 bits per heavy atom. The van der Waals surface area contributed by atoms with E-state index < -0.39 is 6.10 Å². The Bertz CT molecular complexity index is 909. The van der Waals surface area contributed by atoms with Gasteiger partial charge in [0.1, 0.15) is 10.7 Å². The van der Waals surface area contributed by atoms with Crippen molar-refractivity contribution in [3.8, 4) is 11.5 Å². The lowest BCUT2D eigenvalue weighted by molar-refractivity contribution is 0.0285. The van der Waals surface area contributed by atoms with E-state index in [9.17, 15) is 9.18 Å². The number of thiophene rings is 1. The number of ether oxygens (including phenoxy) is 1. The van der Waals surface area contributed by atoms with Gasteiger partial charge in [0, 0.05) is 10.4 Å². The van der Waals surface area contributed by atoms with E-state index >= 15 is 0 Å². The van der Waals surface area contributed by atoms with Gasteiger partial charge in [-0.3, -0.25) is 0 Å². The molecule has 0 amide bonds. The van der Waals surface area contributed by atoms with E-state index in [1.54, 1.807) is 19.1 Å². The molecule has 0 N–H and O–H groups in total. The van der Waals surface area contributed by atoms with E-state index in [0.29, 0.717) is 10.4 Å². The lowest BCUT2D eigenvalue weighted by Crippen LogP contribution is -2.08. The van der Waals surface area contributed by atoms with Crippen molar-refractivity contribution >= 4 is 17.3 Å². The number of hydrogen-bond donors (Lipinski definition) is 0. The molecule has 0 bridgehead atoms. The zero-order valence-electron chi connectivity index (χ0n) is 14.2. The Morgan fingerprint density at radius 3 is 2.77 bits per heavy atom. The Hall–Kier alpha value is -2.54. The highest BCUT2D eigenvalue weighted by molar-refractivity contribution is 7.14. The van der Waals surface area contributed by atoms with Crippen LogP contribution in [-0.2, 0) is 17.6 Å². The average Bonchev–Trinajstić information content (AvgIpc) is 3.29. The van der Waals surface area contributed by atoms with Crippen LogP contribution < -0.4 is 0 Å². The lowest BCUT2D eigenvalue weighted by Gasteiger charge is -2.08. The molecule has 0 saturated heterocycles. The van der Waals surface area contributed by atoms with Gasteiger partial charge >= 0.3 is 5.97 Å². The van der Waals surface area contributed by atoms with Crippen molar-refractivity contribution in [1.29, 1.82) is 0 Å². The van der Waals surface area contributed by atoms with Crippen LogP contribution in [0.2, 0.25) is 0 Å². The molecule has 1 aliphatic rings. The minimum atomic E-state index is -0.664. The number of fused-ring (bicyclic) bond motifs is 1. The quantitative estimate of drug-likeness (QED) is 0.619. The highest BCUT2D eigenvalue weighted by Crippen LogP contribution is 2.31. The Balaban J connectivity index is 1.46. The number of rotatable bonds is 4. The summed E-state index contributed by atoms with van der Waals surface area (Å²) in [4.78, 5) is 14.3. The van der Waals surface area contributed by atoms with Crippen LogP contribution in [0.1, 0.15) is 51.9 Å². The molecular formula is C19H17FN2O3S. The predicted octanol–water partition coefficient (Wildman–Crippen LogP) is 4.73. The molecule has 1 aliphatic carbocycles. The van der Waals surface area contributed by atoms with Crippen LogP contribution in [-0.4, -0.2) is 16.2 Å². The van der Waals surface area contributed by atoms with Gasteiger partial charge in [-0.2, -0.15) is 0 Å². The lowest BCUT2D eigenvalue weighted by atomic mass is 9.99. The SMILES string of the molecule is C[C@H](OC(=O)c1cc2c(s1)CCCC2)c1nnc(-c2ccc(F)cc2)o1. The number of benzene rings is 1. The molecule has 0 saturated carbocycles. The summed E-state index contributed by atoms with van der Waals surface area (Å²) in [6, 6.07) is 7.69. The van der Waals surface area contributed by atoms with Gasteiger partial charge in [-0.1, -0.05) is 0 Å². The van der Waals surface area contributed by atoms with Gasteiger partial charge in [-0.15, -0.1) is 21.5 Å². The van der Waals surface area contributed by atoms with Crippen LogP contribution in [0.4, 0.5) is 4.39 Å². The fourth-order valence-corrected chi connectivity index (χ4v) is 4.10. The van der Waals surface area contributed by atoms with Gasteiger partial charge < -0.3 is 9.15 Å². The van der Waals surface area contributed by atoms with Crippen molar-refractivity contribution in [1.82, 2.24) is 10.2 Å². The highest BCUT2D eigenvalue weighted by atomic mass is 32.1. The van der Waals surface area contributed by atoms with Crippen molar-refractivity contribution in [2.75, 3.05) is 0 Å². The molecule has 2 aromatic heterocycles. The maximum atomic E-state index is 13.0. The largest absolute Gasteiger partial charge is 0.448 e. The normalized spacial score (nSPS) is 14.7. The Morgan fingerprint density at radius 2 is 2.00 bits per heavy atom. The summed E-state index contributed by atoms with van der Waals surface area (Å²) < 4.78 is 24.1. The molecule has 0 radical (unpaired) electrons. The first-order valence-corrected chi connectivity index (χ1v) is 9.33. The summed E-state index contributed by atoms with van der Waals surface area (Å²) in [5.74, 6) is -0.249. The minimum Gasteiger partial charge on any atom is -0.448 e. The van der Waals surface area contributed by atoms with Gasteiger partial charge in [-0.25, -0.2) is 9.18 Å². The maximum Gasteiger partial charge on any atom is 0.349 e. The third kappa shape index (κ3) is 3.39. The van der Waals surface area contributed by atoms with Crippen molar-refractivity contribution < 1.29 is 18.3 Å². The van der Waals surface area contributed by atoms with Gasteiger partial charge in [0.15, 0.2) is 6.10 Å². The first kappa shape index (κ1) is 16.9. The second-order valence-electron chi connectivity index (χ2n) is 6.27. The van der Waals surface area contributed by atoms with E-state index in [4.69, 9.17) is 9.15 Å². The monoisotopic (exact) mass is 372 g/mol. The summed E-state index contributed by atoms with van der Waals surface area (Å²) in [6.45, 7) is 1.69. The zero-order valence-corrected chi connectivity index (χ0v) is 15.0. The van der Waals surface area contributed by atoms with Gasteiger partial charge in [-0.05, 0) is 68.5 Å². The molecule has 0 aliphatic heterocycles. The molecule has 1 atom stereocenters. The topological polar surface area (TPSA) is 65.2 Å². The molecule has 0 unspecified atom stereocenters. The van der Waals surface area contributed by atoms with Crippen LogP contribution in [0, 0.1) is 5.82 Å². The summed E-state index contributed by atoms with van der Waals surface area (Å²) in [5, 5.41) is 7.88. The third-order valence-electron chi connectivity index (χ3n) is 4.36. The van der Waals surface area contributed by atoms with E-state index in [2.05, 4.69) is 10.2 Å². The predicted molar refractivity (Wildman–Crippen MR) is 94.5 cm³/mol. The van der Waals surface area contributed by atoms with Crippen molar-refractivity contribution in [2.24, 2.45) is 0 Å². The second kappa shape index (κ2) is 6.99. The number of carbonyl (C=O) groups excluding carboxylic acids is 1. The summed E-state index contributed by atoms with van der Waals surface area (Å²) in [5.41, 5.74) is 1.87. The molecule has 26 heavy (non-hydrogen) atoms. The van der Waals surface area contributed by atoms with Crippen LogP contribution in [0.15, 0.2) is 34.7 Å². The van der Waals surface area contributed by atoms with Gasteiger partial charge in [0.25, 0.3) is 5.89 Å². The fourth-order valence-electron chi connectivity index (χ4n) is 2.97. The zero-order chi connectivity index (χ0) is 18.1. The smallest absolute Gasteiger partial charge is 0.349 e. The van der Waals surface area contributed by atoms with Gasteiger partial charge in [0.05, 0.1) is 0 Å². The highest BCUT2D eigenvalue weighted by Gasteiger charge is 2.23. The van der Waals surface area contributed by atoms with Crippen molar-refractivity contribution in [3.63, 3.8) is 0 Å². The number of hydrogen-bond acceptors (Lipinski definition) is 6. The number of carbonyl (C=O) groups is 1.